The minimum atomic E-state index is -3.56. The number of hydrogen-bond acceptors (Lipinski definition) is 4. The zero-order valence-electron chi connectivity index (χ0n) is 22.0. The standard InChI is InChI=1S/C27H38ClN3O4S/c1-7-24(26(33)29-27(3,4)5)30(19-21-12-9-8-11-20(21)2)25(32)13-10-18-31(36(6,34)35)23-16-14-22(28)15-17-23/h8-9,11-12,14-17,24H,7,10,13,18-19H2,1-6H3,(H,29,33). The van der Waals surface area contributed by atoms with E-state index in [-0.39, 0.29) is 24.8 Å². The molecule has 9 heteroatoms. The highest BCUT2D eigenvalue weighted by Crippen LogP contribution is 2.22. The molecule has 2 aromatic rings. The summed E-state index contributed by atoms with van der Waals surface area (Å²) in [7, 11) is -3.56. The van der Waals surface area contributed by atoms with Gasteiger partial charge in [-0.25, -0.2) is 8.42 Å². The number of benzene rings is 2. The van der Waals surface area contributed by atoms with Gasteiger partial charge in [0.1, 0.15) is 6.04 Å². The molecule has 36 heavy (non-hydrogen) atoms. The first-order valence-electron chi connectivity index (χ1n) is 12.1. The van der Waals surface area contributed by atoms with Crippen molar-refractivity contribution in [2.24, 2.45) is 0 Å². The monoisotopic (exact) mass is 535 g/mol. The van der Waals surface area contributed by atoms with Crippen molar-refractivity contribution < 1.29 is 18.0 Å². The molecule has 0 saturated carbocycles. The summed E-state index contributed by atoms with van der Waals surface area (Å²) in [6.07, 6.45) is 2.00. The Balaban J connectivity index is 2.24. The molecule has 1 N–H and O–H groups in total. The maximum Gasteiger partial charge on any atom is 0.243 e. The normalized spacial score (nSPS) is 12.6. The van der Waals surface area contributed by atoms with Gasteiger partial charge in [-0.15, -0.1) is 0 Å². The lowest BCUT2D eigenvalue weighted by Crippen LogP contribution is -2.53. The summed E-state index contributed by atoms with van der Waals surface area (Å²) in [5, 5.41) is 3.50. The summed E-state index contributed by atoms with van der Waals surface area (Å²) in [5.41, 5.74) is 2.05. The number of carbonyl (C=O) groups excluding carboxylic acids is 2. The lowest BCUT2D eigenvalue weighted by atomic mass is 10.0. The maximum absolute atomic E-state index is 13.5. The van der Waals surface area contributed by atoms with Crippen molar-refractivity contribution in [1.29, 1.82) is 0 Å². The number of anilines is 1. The zero-order chi connectivity index (χ0) is 27.1. The van der Waals surface area contributed by atoms with Crippen molar-refractivity contribution in [2.75, 3.05) is 17.1 Å². The van der Waals surface area contributed by atoms with Crippen LogP contribution in [0.15, 0.2) is 48.5 Å². The Morgan fingerprint density at radius 3 is 2.19 bits per heavy atom. The Morgan fingerprint density at radius 1 is 1.06 bits per heavy atom. The Bertz CT molecular complexity index is 1140. The van der Waals surface area contributed by atoms with E-state index in [0.717, 1.165) is 17.4 Å². The van der Waals surface area contributed by atoms with E-state index in [4.69, 9.17) is 11.6 Å². The first-order valence-corrected chi connectivity index (χ1v) is 14.3. The molecule has 2 aromatic carbocycles. The first-order chi connectivity index (χ1) is 16.7. The summed E-state index contributed by atoms with van der Waals surface area (Å²) in [6, 6.07) is 13.7. The van der Waals surface area contributed by atoms with Gasteiger partial charge < -0.3 is 10.2 Å². The third kappa shape index (κ3) is 8.82. The van der Waals surface area contributed by atoms with Crippen LogP contribution in [0.1, 0.15) is 58.1 Å². The van der Waals surface area contributed by atoms with Crippen LogP contribution in [-0.4, -0.2) is 49.5 Å². The molecule has 0 aromatic heterocycles. The van der Waals surface area contributed by atoms with Crippen LogP contribution in [-0.2, 0) is 26.2 Å². The van der Waals surface area contributed by atoms with Gasteiger partial charge in [0, 0.05) is 30.1 Å². The molecule has 0 aliphatic carbocycles. The van der Waals surface area contributed by atoms with Crippen molar-refractivity contribution in [3.05, 3.63) is 64.7 Å². The van der Waals surface area contributed by atoms with Crippen LogP contribution < -0.4 is 9.62 Å². The molecule has 0 radical (unpaired) electrons. The van der Waals surface area contributed by atoms with Crippen molar-refractivity contribution in [2.45, 2.75) is 72.0 Å². The molecule has 0 fully saturated rings. The van der Waals surface area contributed by atoms with Crippen molar-refractivity contribution in [3.8, 4) is 0 Å². The average Bonchev–Trinajstić information content (AvgIpc) is 2.76. The molecule has 2 rings (SSSR count). The second-order valence-corrected chi connectivity index (χ2v) is 12.4. The van der Waals surface area contributed by atoms with Crippen LogP contribution in [0, 0.1) is 6.92 Å². The Hall–Kier alpha value is -2.58. The summed E-state index contributed by atoms with van der Waals surface area (Å²) in [4.78, 5) is 28.3. The lowest BCUT2D eigenvalue weighted by molar-refractivity contribution is -0.142. The fraction of sp³-hybridized carbons (Fsp3) is 0.481. The summed E-state index contributed by atoms with van der Waals surface area (Å²) in [5.74, 6) is -0.399. The molecule has 1 atom stereocenters. The summed E-state index contributed by atoms with van der Waals surface area (Å²) < 4.78 is 26.1. The Kier molecular flexibility index (Phi) is 10.4. The topological polar surface area (TPSA) is 86.8 Å². The number of halogens is 1. The Morgan fingerprint density at radius 2 is 1.67 bits per heavy atom. The molecule has 0 heterocycles. The molecule has 0 saturated heterocycles. The third-order valence-electron chi connectivity index (χ3n) is 5.75. The van der Waals surface area contributed by atoms with Crippen LogP contribution in [0.25, 0.3) is 0 Å². The largest absolute Gasteiger partial charge is 0.350 e. The fourth-order valence-corrected chi connectivity index (χ4v) is 5.05. The van der Waals surface area contributed by atoms with Crippen LogP contribution in [0.3, 0.4) is 0 Å². The van der Waals surface area contributed by atoms with E-state index in [0.29, 0.717) is 30.1 Å². The van der Waals surface area contributed by atoms with E-state index in [1.54, 1.807) is 29.2 Å². The van der Waals surface area contributed by atoms with Gasteiger partial charge in [-0.2, -0.15) is 0 Å². The molecular weight excluding hydrogens is 498 g/mol. The van der Waals surface area contributed by atoms with Gasteiger partial charge in [0.25, 0.3) is 0 Å². The zero-order valence-corrected chi connectivity index (χ0v) is 23.6. The number of nitrogens with one attached hydrogen (secondary N) is 1. The predicted molar refractivity (Wildman–Crippen MR) is 147 cm³/mol. The molecule has 2 amide bonds. The minimum absolute atomic E-state index is 0.102. The molecule has 0 spiro atoms. The van der Waals surface area contributed by atoms with E-state index in [2.05, 4.69) is 5.32 Å². The van der Waals surface area contributed by atoms with Crippen LogP contribution in [0.5, 0.6) is 0 Å². The van der Waals surface area contributed by atoms with Crippen LogP contribution in [0.2, 0.25) is 5.02 Å². The third-order valence-corrected chi connectivity index (χ3v) is 7.20. The second kappa shape index (κ2) is 12.6. The number of amides is 2. The molecule has 198 valence electrons. The molecule has 7 nitrogen and oxygen atoms in total. The number of hydrogen-bond donors (Lipinski definition) is 1. The van der Waals surface area contributed by atoms with Crippen LogP contribution in [0.4, 0.5) is 5.69 Å². The van der Waals surface area contributed by atoms with Crippen molar-refractivity contribution >= 4 is 39.1 Å². The highest BCUT2D eigenvalue weighted by Gasteiger charge is 2.31. The minimum Gasteiger partial charge on any atom is -0.350 e. The van der Waals surface area contributed by atoms with E-state index >= 15 is 0 Å². The van der Waals surface area contributed by atoms with Crippen LogP contribution >= 0.6 is 11.6 Å². The highest BCUT2D eigenvalue weighted by atomic mass is 35.5. The second-order valence-electron chi connectivity index (χ2n) is 10.0. The van der Waals surface area contributed by atoms with Gasteiger partial charge >= 0.3 is 0 Å². The van der Waals surface area contributed by atoms with E-state index in [1.807, 2.05) is 58.9 Å². The fourth-order valence-electron chi connectivity index (χ4n) is 3.95. The SMILES string of the molecule is CCC(C(=O)NC(C)(C)C)N(Cc1ccccc1C)C(=O)CCCN(c1ccc(Cl)cc1)S(C)(=O)=O. The van der Waals surface area contributed by atoms with Crippen molar-refractivity contribution in [3.63, 3.8) is 0 Å². The number of nitrogens with zero attached hydrogens (tertiary/aromatic N) is 2. The summed E-state index contributed by atoms with van der Waals surface area (Å²) in [6.45, 7) is 10.0. The van der Waals surface area contributed by atoms with Gasteiger partial charge in [0.15, 0.2) is 0 Å². The Labute approximate surface area is 220 Å². The number of carbonyl (C=O) groups is 2. The van der Waals surface area contributed by atoms with Gasteiger partial charge in [-0.3, -0.25) is 13.9 Å². The number of rotatable bonds is 11. The maximum atomic E-state index is 13.5. The van der Waals surface area contributed by atoms with E-state index < -0.39 is 21.6 Å². The highest BCUT2D eigenvalue weighted by molar-refractivity contribution is 7.92. The molecular formula is C27H38ClN3O4S. The average molecular weight is 536 g/mol. The van der Waals surface area contributed by atoms with Gasteiger partial charge in [-0.1, -0.05) is 42.8 Å². The first kappa shape index (κ1) is 29.6. The molecule has 0 aliphatic heterocycles. The quantitative estimate of drug-likeness (QED) is 0.442. The lowest BCUT2D eigenvalue weighted by Gasteiger charge is -2.33. The number of aryl methyl sites for hydroxylation is 1. The van der Waals surface area contributed by atoms with Gasteiger partial charge in [0.05, 0.1) is 11.9 Å². The van der Waals surface area contributed by atoms with E-state index in [9.17, 15) is 18.0 Å². The summed E-state index contributed by atoms with van der Waals surface area (Å²) >= 11 is 5.95. The molecule has 0 aliphatic rings. The van der Waals surface area contributed by atoms with Gasteiger partial charge in [-0.05, 0) is 75.9 Å². The predicted octanol–water partition coefficient (Wildman–Crippen LogP) is 4.92. The van der Waals surface area contributed by atoms with Crippen molar-refractivity contribution in [1.82, 2.24) is 10.2 Å². The number of sulfonamides is 1. The molecule has 0 bridgehead atoms. The van der Waals surface area contributed by atoms with Gasteiger partial charge in [0.2, 0.25) is 21.8 Å². The molecule has 1 unspecified atom stereocenters. The van der Waals surface area contributed by atoms with E-state index in [1.165, 1.54) is 4.31 Å². The smallest absolute Gasteiger partial charge is 0.243 e.